The van der Waals surface area contributed by atoms with Gasteiger partial charge in [-0.15, -0.1) is 12.4 Å². The number of hydrogen-bond donors (Lipinski definition) is 2. The van der Waals surface area contributed by atoms with Crippen molar-refractivity contribution in [3.8, 4) is 0 Å². The Balaban J connectivity index is 0. The number of halogens is 1. The van der Waals surface area contributed by atoms with E-state index in [1.165, 1.54) is 7.11 Å². The van der Waals surface area contributed by atoms with Crippen LogP contribution >= 0.6 is 12.4 Å². The Bertz CT molecular complexity index is 210. The van der Waals surface area contributed by atoms with Gasteiger partial charge in [0.05, 0.1) is 25.6 Å². The fraction of sp³-hybridized carbons (Fsp3) is 0.800. The minimum atomic E-state index is -0.524. The molecule has 16 heavy (non-hydrogen) atoms. The van der Waals surface area contributed by atoms with Crippen molar-refractivity contribution in [2.24, 2.45) is 5.73 Å². The van der Waals surface area contributed by atoms with Crippen LogP contribution in [0.4, 0.5) is 0 Å². The van der Waals surface area contributed by atoms with Crippen molar-refractivity contribution in [2.45, 2.75) is 38.6 Å². The number of hydrogen-bond acceptors (Lipinski definition) is 4. The molecule has 0 saturated heterocycles. The molecule has 0 aromatic rings. The third-order valence-electron chi connectivity index (χ3n) is 2.65. The summed E-state index contributed by atoms with van der Waals surface area (Å²) in [4.78, 5) is 22.4. The number of nitrogens with one attached hydrogen (secondary N) is 1. The third-order valence-corrected chi connectivity index (χ3v) is 2.65. The molecule has 0 heterocycles. The molecule has 1 amide bonds. The van der Waals surface area contributed by atoms with Gasteiger partial charge in [0.2, 0.25) is 5.91 Å². The maximum absolute atomic E-state index is 11.2. The van der Waals surface area contributed by atoms with Crippen molar-refractivity contribution in [3.63, 3.8) is 0 Å². The molecule has 3 N–H and O–H groups in total. The number of nitrogens with two attached hydrogens (primary N) is 1. The minimum absolute atomic E-state index is 0. The van der Waals surface area contributed by atoms with Crippen molar-refractivity contribution < 1.29 is 14.3 Å². The van der Waals surface area contributed by atoms with Gasteiger partial charge in [-0.25, -0.2) is 0 Å². The molecule has 0 atom stereocenters. The number of methoxy groups -OCH3 is 1. The van der Waals surface area contributed by atoms with E-state index in [0.717, 1.165) is 0 Å². The second-order valence-corrected chi connectivity index (χ2v) is 3.49. The second kappa shape index (κ2) is 8.35. The van der Waals surface area contributed by atoms with E-state index in [-0.39, 0.29) is 37.2 Å². The Labute approximate surface area is 103 Å². The number of rotatable bonds is 6. The molecule has 0 rings (SSSR count). The zero-order valence-electron chi connectivity index (χ0n) is 10.0. The average Bonchev–Trinajstić information content (AvgIpc) is 2.27. The summed E-state index contributed by atoms with van der Waals surface area (Å²) in [5.74, 6) is -0.571. The summed E-state index contributed by atoms with van der Waals surface area (Å²) < 4.78 is 4.60. The van der Waals surface area contributed by atoms with E-state index in [9.17, 15) is 9.59 Å². The second-order valence-electron chi connectivity index (χ2n) is 3.49. The molecule has 0 bridgehead atoms. The van der Waals surface area contributed by atoms with E-state index in [1.807, 2.05) is 13.8 Å². The van der Waals surface area contributed by atoms with Gasteiger partial charge >= 0.3 is 5.97 Å². The fourth-order valence-corrected chi connectivity index (χ4v) is 1.42. The molecule has 0 saturated carbocycles. The maximum atomic E-state index is 11.2. The highest BCUT2D eigenvalue weighted by Crippen LogP contribution is 2.20. The van der Waals surface area contributed by atoms with Gasteiger partial charge in [-0.05, 0) is 12.8 Å². The number of esters is 1. The van der Waals surface area contributed by atoms with Crippen molar-refractivity contribution in [1.29, 1.82) is 0 Å². The summed E-state index contributed by atoms with van der Waals surface area (Å²) in [5, 5.41) is 2.78. The number of amides is 1. The normalized spacial score (nSPS) is 10.2. The van der Waals surface area contributed by atoms with E-state index < -0.39 is 5.54 Å². The SMILES string of the molecule is CCC(CC)(CC(=O)OC)NC(=O)CN.Cl. The van der Waals surface area contributed by atoms with Crippen molar-refractivity contribution >= 4 is 24.3 Å². The summed E-state index contributed by atoms with van der Waals surface area (Å²) in [6.45, 7) is 3.77. The molecule has 0 aromatic heterocycles. The highest BCUT2D eigenvalue weighted by molar-refractivity contribution is 5.85. The lowest BCUT2D eigenvalue weighted by Crippen LogP contribution is -2.51. The molecule has 0 unspecified atom stereocenters. The van der Waals surface area contributed by atoms with Crippen LogP contribution in [0.1, 0.15) is 33.1 Å². The molecule has 0 aliphatic heterocycles. The summed E-state index contributed by atoms with van der Waals surface area (Å²) >= 11 is 0. The van der Waals surface area contributed by atoms with Gasteiger partial charge in [0, 0.05) is 0 Å². The van der Waals surface area contributed by atoms with Crippen LogP contribution in [0.3, 0.4) is 0 Å². The Morgan fingerprint density at radius 3 is 2.12 bits per heavy atom. The average molecular weight is 253 g/mol. The van der Waals surface area contributed by atoms with Gasteiger partial charge in [-0.2, -0.15) is 0 Å². The van der Waals surface area contributed by atoms with Crippen LogP contribution in [-0.2, 0) is 14.3 Å². The molecule has 0 aliphatic rings. The van der Waals surface area contributed by atoms with Crippen molar-refractivity contribution in [2.75, 3.05) is 13.7 Å². The summed E-state index contributed by atoms with van der Waals surface area (Å²) in [6.07, 6.45) is 1.52. The Morgan fingerprint density at radius 2 is 1.81 bits per heavy atom. The summed E-state index contributed by atoms with van der Waals surface area (Å²) in [6, 6.07) is 0. The van der Waals surface area contributed by atoms with Crippen LogP contribution in [0.2, 0.25) is 0 Å². The first kappa shape index (κ1) is 17.6. The zero-order valence-corrected chi connectivity index (χ0v) is 10.9. The van der Waals surface area contributed by atoms with Gasteiger partial charge < -0.3 is 15.8 Å². The topological polar surface area (TPSA) is 81.4 Å². The number of ether oxygens (including phenoxy) is 1. The van der Waals surface area contributed by atoms with Gasteiger partial charge in [0.15, 0.2) is 0 Å². The zero-order chi connectivity index (χ0) is 11.9. The highest BCUT2D eigenvalue weighted by Gasteiger charge is 2.30. The molecular formula is C10H21ClN2O3. The third kappa shape index (κ3) is 5.32. The maximum Gasteiger partial charge on any atom is 0.307 e. The van der Waals surface area contributed by atoms with Crippen molar-refractivity contribution in [1.82, 2.24) is 5.32 Å². The Morgan fingerprint density at radius 1 is 1.31 bits per heavy atom. The predicted molar refractivity (Wildman–Crippen MR) is 64.4 cm³/mol. The quantitative estimate of drug-likeness (QED) is 0.679. The van der Waals surface area contributed by atoms with E-state index in [4.69, 9.17) is 5.73 Å². The lowest BCUT2D eigenvalue weighted by Gasteiger charge is -2.31. The number of carbonyl (C=O) groups excluding carboxylic acids is 2. The lowest BCUT2D eigenvalue weighted by molar-refractivity contribution is -0.142. The van der Waals surface area contributed by atoms with Crippen molar-refractivity contribution in [3.05, 3.63) is 0 Å². The first-order valence-electron chi connectivity index (χ1n) is 5.11. The number of carbonyl (C=O) groups is 2. The largest absolute Gasteiger partial charge is 0.469 e. The van der Waals surface area contributed by atoms with Crippen LogP contribution in [0.15, 0.2) is 0 Å². The minimum Gasteiger partial charge on any atom is -0.469 e. The van der Waals surface area contributed by atoms with Gasteiger partial charge in [0.1, 0.15) is 0 Å². The van der Waals surface area contributed by atoms with Crippen LogP contribution in [0, 0.1) is 0 Å². The van der Waals surface area contributed by atoms with E-state index in [0.29, 0.717) is 12.8 Å². The van der Waals surface area contributed by atoms with Crippen LogP contribution in [0.25, 0.3) is 0 Å². The molecule has 0 spiro atoms. The molecular weight excluding hydrogens is 232 g/mol. The van der Waals surface area contributed by atoms with Gasteiger partial charge in [-0.1, -0.05) is 13.8 Å². The first-order valence-corrected chi connectivity index (χ1v) is 5.11. The van der Waals surface area contributed by atoms with Crippen LogP contribution < -0.4 is 11.1 Å². The predicted octanol–water partition coefficient (Wildman–Crippen LogP) is 0.605. The summed E-state index contributed by atoms with van der Waals surface area (Å²) in [7, 11) is 1.34. The first-order chi connectivity index (χ1) is 7.03. The molecule has 96 valence electrons. The lowest BCUT2D eigenvalue weighted by atomic mass is 9.89. The van der Waals surface area contributed by atoms with E-state index in [2.05, 4.69) is 10.1 Å². The molecule has 5 nitrogen and oxygen atoms in total. The van der Waals surface area contributed by atoms with Gasteiger partial charge in [0.25, 0.3) is 0 Å². The van der Waals surface area contributed by atoms with Crippen LogP contribution in [-0.4, -0.2) is 31.1 Å². The Kier molecular flexibility index (Phi) is 9.18. The Hall–Kier alpha value is -0.810. The molecule has 0 aromatic carbocycles. The smallest absolute Gasteiger partial charge is 0.307 e. The van der Waals surface area contributed by atoms with Gasteiger partial charge in [-0.3, -0.25) is 9.59 Å². The molecule has 6 heteroatoms. The molecule has 0 radical (unpaired) electrons. The molecule has 0 fully saturated rings. The van der Waals surface area contributed by atoms with Crippen LogP contribution in [0.5, 0.6) is 0 Å². The fourth-order valence-electron chi connectivity index (χ4n) is 1.42. The summed E-state index contributed by atoms with van der Waals surface area (Å²) in [5.41, 5.74) is 4.70. The van der Waals surface area contributed by atoms with E-state index in [1.54, 1.807) is 0 Å². The standard InChI is InChI=1S/C10H20N2O3.ClH/c1-4-10(5-2,6-9(14)15-3)12-8(13)7-11;/h4-7,11H2,1-3H3,(H,12,13);1H. The highest BCUT2D eigenvalue weighted by atomic mass is 35.5. The van der Waals surface area contributed by atoms with E-state index >= 15 is 0 Å². The monoisotopic (exact) mass is 252 g/mol. The molecule has 0 aliphatic carbocycles.